The normalized spacial score (nSPS) is 30.1. The van der Waals surface area contributed by atoms with Crippen molar-refractivity contribution in [3.05, 3.63) is 76.6 Å². The molecule has 242 valence electrons. The number of carbonyl (C=O) groups is 2. The molecule has 5 atom stereocenters. The molecular weight excluding hydrogens is 604 g/mol. The van der Waals surface area contributed by atoms with Gasteiger partial charge in [-0.3, -0.25) is 19.6 Å². The molecule has 2 spiro atoms. The minimum absolute atomic E-state index is 0.00417. The summed E-state index contributed by atoms with van der Waals surface area (Å²) in [5.74, 6) is 0.784. The van der Waals surface area contributed by atoms with Crippen molar-refractivity contribution in [2.75, 3.05) is 32.7 Å². The molecule has 2 amide bonds. The first-order valence-corrected chi connectivity index (χ1v) is 16.7. The zero-order valence-electron chi connectivity index (χ0n) is 26.9. The molecule has 5 heterocycles. The molecule has 0 radical (unpaired) electrons. The van der Waals surface area contributed by atoms with Crippen molar-refractivity contribution in [1.82, 2.24) is 29.2 Å². The van der Waals surface area contributed by atoms with Crippen molar-refractivity contribution in [3.63, 3.8) is 0 Å². The number of carbonyl (C=O) groups excluding carboxylic acids is 2. The Morgan fingerprint density at radius 2 is 1.93 bits per heavy atom. The number of nitrogens with zero attached hydrogens (tertiary/aromatic N) is 6. The van der Waals surface area contributed by atoms with Crippen molar-refractivity contribution >= 4 is 23.6 Å². The molecule has 0 bridgehead atoms. The quantitative estimate of drug-likeness (QED) is 0.397. The average molecular weight is 645 g/mol. The number of ether oxygens (including phenoxy) is 2. The second-order valence-corrected chi connectivity index (χ2v) is 15.3. The number of fused-ring (bicyclic) bond motifs is 4. The number of aryl methyl sites for hydroxylation is 1. The van der Waals surface area contributed by atoms with E-state index in [1.807, 2.05) is 63.3 Å². The number of rotatable bonds is 3. The molecule has 4 fully saturated rings. The van der Waals surface area contributed by atoms with Gasteiger partial charge in [-0.2, -0.15) is 0 Å². The maximum Gasteiger partial charge on any atom is 0.411 e. The van der Waals surface area contributed by atoms with Gasteiger partial charge in [-0.25, -0.2) is 9.78 Å². The molecule has 10 nitrogen and oxygen atoms in total. The highest BCUT2D eigenvalue weighted by atomic mass is 35.5. The molecule has 0 N–H and O–H groups in total. The van der Waals surface area contributed by atoms with Crippen LogP contribution in [0.2, 0.25) is 5.02 Å². The van der Waals surface area contributed by atoms with Gasteiger partial charge >= 0.3 is 6.09 Å². The maximum atomic E-state index is 14.5. The number of hydrogen-bond acceptors (Lipinski definition) is 7. The SMILES string of the molecule is Cc1cn([C@H]2CC23CCN(C(=O)C2CN(C4CC45c4ccc(Cl)cc4OCc4cccnc45)CCN2C(=O)OC(C)(C)C)C3)cn1. The largest absolute Gasteiger partial charge is 0.488 e. The van der Waals surface area contributed by atoms with E-state index < -0.39 is 17.7 Å². The summed E-state index contributed by atoms with van der Waals surface area (Å²) < 4.78 is 14.3. The molecule has 1 aromatic carbocycles. The van der Waals surface area contributed by atoms with Crippen molar-refractivity contribution in [1.29, 1.82) is 0 Å². The topological polar surface area (TPSA) is 93.0 Å². The van der Waals surface area contributed by atoms with E-state index in [2.05, 4.69) is 32.8 Å². The summed E-state index contributed by atoms with van der Waals surface area (Å²) in [7, 11) is 0. The number of piperazine rings is 1. The molecule has 5 aliphatic rings. The van der Waals surface area contributed by atoms with Crippen molar-refractivity contribution in [2.24, 2.45) is 5.41 Å². The van der Waals surface area contributed by atoms with E-state index in [0.717, 1.165) is 47.5 Å². The summed E-state index contributed by atoms with van der Waals surface area (Å²) >= 11 is 6.41. The predicted molar refractivity (Wildman–Crippen MR) is 172 cm³/mol. The third-order valence-electron chi connectivity index (χ3n) is 10.7. The van der Waals surface area contributed by atoms with Crippen molar-refractivity contribution < 1.29 is 19.1 Å². The Labute approximate surface area is 274 Å². The van der Waals surface area contributed by atoms with Gasteiger partial charge < -0.3 is 18.9 Å². The minimum Gasteiger partial charge on any atom is -0.488 e. The fourth-order valence-electron chi connectivity index (χ4n) is 8.38. The lowest BCUT2D eigenvalue weighted by atomic mass is 9.88. The first-order valence-electron chi connectivity index (χ1n) is 16.4. The van der Waals surface area contributed by atoms with Crippen LogP contribution in [0.5, 0.6) is 5.75 Å². The van der Waals surface area contributed by atoms with Crippen LogP contribution in [-0.2, 0) is 21.6 Å². The van der Waals surface area contributed by atoms with Gasteiger partial charge in [-0.1, -0.05) is 23.7 Å². The molecule has 46 heavy (non-hydrogen) atoms. The molecular formula is C35H41ClN6O4. The second-order valence-electron chi connectivity index (χ2n) is 14.9. The zero-order chi connectivity index (χ0) is 32.0. The van der Waals surface area contributed by atoms with Gasteiger partial charge in [0.15, 0.2) is 0 Å². The molecule has 11 heteroatoms. The van der Waals surface area contributed by atoms with E-state index in [4.69, 9.17) is 26.1 Å². The number of amides is 2. The standard InChI is InChI=1S/C35H41ClN6O4/c1-22-17-41(21-38-22)28-15-34(28)9-11-40(20-34)31(43)26-18-39(12-13-42(26)32(44)46-33(2,3)4)29-16-35(29)25-8-7-24(36)14-27(25)45-19-23-6-5-10-37-30(23)35/h5-8,10,14,17,21,26,28-29H,9,11-13,15-16,18-20H2,1-4H3/t26?,28-,29?,34?,35?/m0/s1. The van der Waals surface area contributed by atoms with Crippen LogP contribution in [0.4, 0.5) is 4.79 Å². The lowest BCUT2D eigenvalue weighted by Crippen LogP contribution is -2.62. The van der Waals surface area contributed by atoms with Gasteiger partial charge in [-0.15, -0.1) is 0 Å². The monoisotopic (exact) mass is 644 g/mol. The number of halogens is 1. The smallest absolute Gasteiger partial charge is 0.411 e. The molecule has 2 aromatic heterocycles. The van der Waals surface area contributed by atoms with E-state index in [1.165, 1.54) is 0 Å². The maximum absolute atomic E-state index is 14.5. The summed E-state index contributed by atoms with van der Waals surface area (Å²) in [6.07, 6.45) is 8.27. The van der Waals surface area contributed by atoms with Gasteiger partial charge in [0.05, 0.1) is 23.1 Å². The lowest BCUT2D eigenvalue weighted by Gasteiger charge is -2.43. The summed E-state index contributed by atoms with van der Waals surface area (Å²) in [6, 6.07) is 9.73. The summed E-state index contributed by atoms with van der Waals surface area (Å²) in [5, 5.41) is 0.631. The fourth-order valence-corrected chi connectivity index (χ4v) is 8.55. The first-order chi connectivity index (χ1) is 22.0. The van der Waals surface area contributed by atoms with Crippen LogP contribution >= 0.6 is 11.6 Å². The van der Waals surface area contributed by atoms with Gasteiger partial charge in [-0.05, 0) is 65.2 Å². The Hall–Kier alpha value is -3.63. The van der Waals surface area contributed by atoms with Gasteiger partial charge in [0.25, 0.3) is 0 Å². The van der Waals surface area contributed by atoms with E-state index in [1.54, 1.807) is 4.90 Å². The number of aromatic nitrogens is 3. The number of pyridine rings is 1. The van der Waals surface area contributed by atoms with Crippen molar-refractivity contribution in [2.45, 2.75) is 82.7 Å². The van der Waals surface area contributed by atoms with E-state index >= 15 is 0 Å². The molecule has 3 aliphatic heterocycles. The first kappa shape index (κ1) is 29.8. The van der Waals surface area contributed by atoms with Crippen LogP contribution in [-0.4, -0.2) is 91.6 Å². The molecule has 2 saturated carbocycles. The average Bonchev–Trinajstić information content (AvgIpc) is 3.83. The highest BCUT2D eigenvalue weighted by Crippen LogP contribution is 2.62. The molecule has 4 unspecified atom stereocenters. The van der Waals surface area contributed by atoms with Gasteiger partial charge in [0.2, 0.25) is 5.91 Å². The summed E-state index contributed by atoms with van der Waals surface area (Å²) in [5.41, 5.74) is 3.20. The predicted octanol–water partition coefficient (Wildman–Crippen LogP) is 4.98. The third kappa shape index (κ3) is 4.87. The second kappa shape index (κ2) is 10.4. The van der Waals surface area contributed by atoms with E-state index in [9.17, 15) is 9.59 Å². The van der Waals surface area contributed by atoms with Crippen LogP contribution in [0, 0.1) is 12.3 Å². The molecule has 8 rings (SSSR count). The third-order valence-corrected chi connectivity index (χ3v) is 11.0. The van der Waals surface area contributed by atoms with Gasteiger partial charge in [0.1, 0.15) is 24.0 Å². The summed E-state index contributed by atoms with van der Waals surface area (Å²) in [6.45, 7) is 10.9. The van der Waals surface area contributed by atoms with Gasteiger partial charge in [0, 0.05) is 78.8 Å². The Kier molecular flexibility index (Phi) is 6.75. The Morgan fingerprint density at radius 1 is 1.09 bits per heavy atom. The minimum atomic E-state index is -0.662. The highest BCUT2D eigenvalue weighted by molar-refractivity contribution is 6.30. The lowest BCUT2D eigenvalue weighted by molar-refractivity contribution is -0.138. The van der Waals surface area contributed by atoms with Crippen LogP contribution < -0.4 is 4.74 Å². The molecule has 2 saturated heterocycles. The molecule has 3 aromatic rings. The van der Waals surface area contributed by atoms with Crippen molar-refractivity contribution in [3.8, 4) is 5.75 Å². The van der Waals surface area contributed by atoms with Crippen LogP contribution in [0.15, 0.2) is 49.1 Å². The number of likely N-dealkylation sites (tertiary alicyclic amines) is 1. The number of imidazole rings is 1. The molecule has 2 aliphatic carbocycles. The number of benzene rings is 1. The highest BCUT2D eigenvalue weighted by Gasteiger charge is 2.64. The van der Waals surface area contributed by atoms with Crippen LogP contribution in [0.25, 0.3) is 0 Å². The zero-order valence-corrected chi connectivity index (χ0v) is 27.7. The van der Waals surface area contributed by atoms with Crippen LogP contribution in [0.1, 0.15) is 68.6 Å². The Morgan fingerprint density at radius 3 is 2.72 bits per heavy atom. The summed E-state index contributed by atoms with van der Waals surface area (Å²) in [4.78, 5) is 43.4. The van der Waals surface area contributed by atoms with E-state index in [0.29, 0.717) is 50.4 Å². The fraction of sp³-hybridized carbons (Fsp3) is 0.543. The van der Waals surface area contributed by atoms with E-state index in [-0.39, 0.29) is 22.8 Å². The van der Waals surface area contributed by atoms with Crippen LogP contribution in [0.3, 0.4) is 0 Å². The number of hydrogen-bond donors (Lipinski definition) is 0. The Bertz CT molecular complexity index is 1720. The Balaban J connectivity index is 1.08.